The normalized spacial score (nSPS) is 15.3. The summed E-state index contributed by atoms with van der Waals surface area (Å²) in [6.45, 7) is 1.83. The van der Waals surface area contributed by atoms with Crippen molar-refractivity contribution in [2.45, 2.75) is 25.4 Å². The highest BCUT2D eigenvalue weighted by Crippen LogP contribution is 2.39. The lowest BCUT2D eigenvalue weighted by atomic mass is 9.94. The maximum atomic E-state index is 12.8. The van der Waals surface area contributed by atoms with Crippen LogP contribution in [0.3, 0.4) is 0 Å². The van der Waals surface area contributed by atoms with Crippen LogP contribution in [-0.4, -0.2) is 77.8 Å². The van der Waals surface area contributed by atoms with Crippen LogP contribution >= 0.6 is 11.3 Å². The first-order chi connectivity index (χ1) is 17.2. The van der Waals surface area contributed by atoms with Gasteiger partial charge in [0, 0.05) is 49.7 Å². The molecule has 10 nitrogen and oxygen atoms in total. The van der Waals surface area contributed by atoms with Gasteiger partial charge in [-0.15, -0.1) is 11.3 Å². The van der Waals surface area contributed by atoms with Gasteiger partial charge >= 0.3 is 6.09 Å². The van der Waals surface area contributed by atoms with Gasteiger partial charge in [-0.25, -0.2) is 14.8 Å². The van der Waals surface area contributed by atoms with Gasteiger partial charge in [0.15, 0.2) is 0 Å². The number of aromatic nitrogens is 4. The Morgan fingerprint density at radius 2 is 2.06 bits per heavy atom. The lowest BCUT2D eigenvalue weighted by Gasteiger charge is -2.27. The van der Waals surface area contributed by atoms with Gasteiger partial charge in [-0.1, -0.05) is 0 Å². The van der Waals surface area contributed by atoms with E-state index in [2.05, 4.69) is 25.5 Å². The Bertz CT molecular complexity index is 1310. The second-order valence-corrected chi connectivity index (χ2v) is 9.51. The molecule has 0 spiro atoms. The average Bonchev–Trinajstić information content (AvgIpc) is 3.48. The molecule has 11 heteroatoms. The van der Waals surface area contributed by atoms with E-state index in [4.69, 9.17) is 14.2 Å². The maximum absolute atomic E-state index is 12.8. The third-order valence-electron chi connectivity index (χ3n) is 6.16. The number of nitrogens with zero attached hydrogens (tertiary/aromatic N) is 4. The minimum atomic E-state index is -0.328. The molecule has 0 bridgehead atoms. The molecule has 35 heavy (non-hydrogen) atoms. The summed E-state index contributed by atoms with van der Waals surface area (Å²) in [7, 11) is 3.23. The van der Waals surface area contributed by atoms with Gasteiger partial charge in [-0.2, -0.15) is 5.10 Å². The zero-order valence-electron chi connectivity index (χ0n) is 19.7. The van der Waals surface area contributed by atoms with E-state index in [0.29, 0.717) is 32.7 Å². The van der Waals surface area contributed by atoms with E-state index in [9.17, 15) is 4.79 Å². The Morgan fingerprint density at radius 1 is 1.23 bits per heavy atom. The predicted octanol–water partition coefficient (Wildman–Crippen LogP) is 3.90. The topological polar surface area (TPSA) is 114 Å². The van der Waals surface area contributed by atoms with Crippen LogP contribution in [0, 0.1) is 0 Å². The second kappa shape index (κ2) is 10.5. The van der Waals surface area contributed by atoms with Crippen LogP contribution in [0.15, 0.2) is 30.7 Å². The van der Waals surface area contributed by atoms with Crippen LogP contribution in [0.4, 0.5) is 16.3 Å². The van der Waals surface area contributed by atoms with E-state index in [1.165, 1.54) is 10.4 Å². The number of methoxy groups -OCH3 is 2. The summed E-state index contributed by atoms with van der Waals surface area (Å²) in [6, 6.07) is 6.04. The fourth-order valence-electron chi connectivity index (χ4n) is 4.35. The molecule has 5 rings (SSSR count). The van der Waals surface area contributed by atoms with E-state index < -0.39 is 0 Å². The number of H-pyrrole nitrogens is 1. The standard InChI is InChI=1S/C24H28N6O4S/c1-32-9-7-30(8-10-33-2)24(31)34-17-4-5-18-20(12-17)35-23-21(18)22(25-14-26-23)28-16-3-6-19-15(11-16)13-27-29-19/h3,6,11,13-14,17H,4-5,7-10,12H2,1-2H3,(H,27,29)(H,25,26,28). The highest BCUT2D eigenvalue weighted by Gasteiger charge is 2.28. The van der Waals surface area contributed by atoms with E-state index >= 15 is 0 Å². The van der Waals surface area contributed by atoms with Crippen LogP contribution in [0.25, 0.3) is 21.1 Å². The van der Waals surface area contributed by atoms with Gasteiger partial charge in [0.05, 0.1) is 30.3 Å². The number of carbonyl (C=O) groups is 1. The Kier molecular flexibility index (Phi) is 7.07. The third-order valence-corrected chi connectivity index (χ3v) is 7.32. The molecule has 0 saturated heterocycles. The summed E-state index contributed by atoms with van der Waals surface area (Å²) in [5, 5.41) is 12.6. The fraction of sp³-hybridized carbons (Fsp3) is 0.417. The molecule has 0 saturated carbocycles. The molecule has 3 heterocycles. The van der Waals surface area contributed by atoms with Crippen LogP contribution < -0.4 is 5.32 Å². The van der Waals surface area contributed by atoms with Crippen LogP contribution in [0.5, 0.6) is 0 Å². The number of nitrogens with one attached hydrogen (secondary N) is 2. The van der Waals surface area contributed by atoms with Gasteiger partial charge in [0.25, 0.3) is 0 Å². The fourth-order valence-corrected chi connectivity index (χ4v) is 5.60. The van der Waals surface area contributed by atoms with E-state index in [-0.39, 0.29) is 12.2 Å². The summed E-state index contributed by atoms with van der Waals surface area (Å²) in [6.07, 6.45) is 5.10. The van der Waals surface area contributed by atoms with Crippen molar-refractivity contribution in [3.63, 3.8) is 0 Å². The average molecular weight is 497 g/mol. The van der Waals surface area contributed by atoms with Crippen molar-refractivity contribution in [3.8, 4) is 0 Å². The number of hydrogen-bond acceptors (Lipinski definition) is 9. The lowest BCUT2D eigenvalue weighted by Crippen LogP contribution is -2.39. The summed E-state index contributed by atoms with van der Waals surface area (Å²) >= 11 is 1.64. The van der Waals surface area contributed by atoms with E-state index in [1.54, 1.807) is 43.0 Å². The van der Waals surface area contributed by atoms with Gasteiger partial charge < -0.3 is 24.4 Å². The van der Waals surface area contributed by atoms with Gasteiger partial charge in [0.1, 0.15) is 23.1 Å². The molecule has 1 atom stereocenters. The van der Waals surface area contributed by atoms with Crippen LogP contribution in [0.1, 0.15) is 16.9 Å². The summed E-state index contributed by atoms with van der Waals surface area (Å²) in [5.74, 6) is 0.788. The second-order valence-electron chi connectivity index (χ2n) is 8.42. The number of carbonyl (C=O) groups excluding carboxylic acids is 1. The van der Waals surface area contributed by atoms with Crippen molar-refractivity contribution in [2.75, 3.05) is 45.8 Å². The SMILES string of the molecule is COCCN(CCOC)C(=O)OC1CCc2c(sc3ncnc(Nc4ccc5[nH]ncc5c4)c23)C1. The summed E-state index contributed by atoms with van der Waals surface area (Å²) < 4.78 is 16.1. The largest absolute Gasteiger partial charge is 0.446 e. The molecule has 1 aromatic carbocycles. The first-order valence-corrected chi connectivity index (χ1v) is 12.4. The number of fused-ring (bicyclic) bond motifs is 4. The molecule has 0 radical (unpaired) electrons. The highest BCUT2D eigenvalue weighted by atomic mass is 32.1. The number of ether oxygens (including phenoxy) is 3. The molecule has 0 aliphatic heterocycles. The van der Waals surface area contributed by atoms with Crippen molar-refractivity contribution >= 4 is 50.1 Å². The van der Waals surface area contributed by atoms with E-state index in [0.717, 1.165) is 45.5 Å². The van der Waals surface area contributed by atoms with Gasteiger partial charge in [-0.05, 0) is 36.6 Å². The molecule has 0 fully saturated rings. The van der Waals surface area contributed by atoms with Crippen molar-refractivity contribution in [3.05, 3.63) is 41.2 Å². The highest BCUT2D eigenvalue weighted by molar-refractivity contribution is 7.19. The van der Waals surface area contributed by atoms with Crippen LogP contribution in [0.2, 0.25) is 0 Å². The number of hydrogen-bond donors (Lipinski definition) is 2. The number of thiophene rings is 1. The first-order valence-electron chi connectivity index (χ1n) is 11.5. The predicted molar refractivity (Wildman–Crippen MR) is 134 cm³/mol. The summed E-state index contributed by atoms with van der Waals surface area (Å²) in [4.78, 5) is 25.6. The molecule has 184 valence electrons. The number of aromatic amines is 1. The Balaban J connectivity index is 1.32. The maximum Gasteiger partial charge on any atom is 0.410 e. The smallest absolute Gasteiger partial charge is 0.410 e. The molecular formula is C24H28N6O4S. The minimum Gasteiger partial charge on any atom is -0.446 e. The van der Waals surface area contributed by atoms with Gasteiger partial charge in [-0.3, -0.25) is 5.10 Å². The van der Waals surface area contributed by atoms with Gasteiger partial charge in [0.2, 0.25) is 0 Å². The van der Waals surface area contributed by atoms with Crippen molar-refractivity contribution in [1.82, 2.24) is 25.1 Å². The molecular weight excluding hydrogens is 468 g/mol. The number of amides is 1. The van der Waals surface area contributed by atoms with Crippen molar-refractivity contribution in [2.24, 2.45) is 0 Å². The Labute approximate surface area is 206 Å². The Morgan fingerprint density at radius 3 is 2.86 bits per heavy atom. The zero-order valence-corrected chi connectivity index (χ0v) is 20.6. The molecule has 1 aliphatic rings. The third kappa shape index (κ3) is 5.07. The lowest BCUT2D eigenvalue weighted by molar-refractivity contribution is 0.0418. The number of aryl methyl sites for hydroxylation is 1. The zero-order chi connectivity index (χ0) is 24.2. The minimum absolute atomic E-state index is 0.177. The Hall–Kier alpha value is -3.28. The molecule has 3 aromatic heterocycles. The monoisotopic (exact) mass is 496 g/mol. The molecule has 1 amide bonds. The first kappa shape index (κ1) is 23.5. The number of anilines is 2. The summed E-state index contributed by atoms with van der Waals surface area (Å²) in [5.41, 5.74) is 3.16. The van der Waals surface area contributed by atoms with Crippen molar-refractivity contribution in [1.29, 1.82) is 0 Å². The van der Waals surface area contributed by atoms with Crippen LogP contribution in [-0.2, 0) is 27.1 Å². The number of rotatable bonds is 9. The molecule has 2 N–H and O–H groups in total. The molecule has 4 aromatic rings. The molecule has 1 unspecified atom stereocenters. The quantitative estimate of drug-likeness (QED) is 0.359. The number of benzene rings is 1. The molecule has 1 aliphatic carbocycles. The van der Waals surface area contributed by atoms with Crippen molar-refractivity contribution < 1.29 is 19.0 Å². The van der Waals surface area contributed by atoms with E-state index in [1.807, 2.05) is 18.2 Å².